The zero-order chi connectivity index (χ0) is 26.4. The third-order valence-electron chi connectivity index (χ3n) is 6.29. The van der Waals surface area contributed by atoms with Crippen LogP contribution < -0.4 is 26.6 Å². The Morgan fingerprint density at radius 1 is 0.944 bits per heavy atom. The van der Waals surface area contributed by atoms with Gasteiger partial charge < -0.3 is 20.7 Å². The number of amides is 2. The van der Waals surface area contributed by atoms with Crippen LogP contribution >= 0.6 is 0 Å². The van der Waals surface area contributed by atoms with Crippen molar-refractivity contribution in [1.82, 2.24) is 10.7 Å². The molecule has 1 atom stereocenters. The molecule has 0 radical (unpaired) electrons. The van der Waals surface area contributed by atoms with E-state index in [2.05, 4.69) is 34.8 Å². The van der Waals surface area contributed by atoms with Gasteiger partial charge in [0.1, 0.15) is 0 Å². The summed E-state index contributed by atoms with van der Waals surface area (Å²) in [5.41, 5.74) is 3.63. The van der Waals surface area contributed by atoms with Crippen molar-refractivity contribution in [2.24, 2.45) is 0 Å². The van der Waals surface area contributed by atoms with Gasteiger partial charge in [-0.25, -0.2) is 0 Å². The molecule has 1 aromatic carbocycles. The van der Waals surface area contributed by atoms with Crippen LogP contribution in [-0.4, -0.2) is 48.3 Å². The van der Waals surface area contributed by atoms with Gasteiger partial charge in [0.25, 0.3) is 5.91 Å². The Morgan fingerprint density at radius 3 is 2.19 bits per heavy atom. The first kappa shape index (κ1) is 31.6. The highest BCUT2D eigenvalue weighted by Gasteiger charge is 2.20. The van der Waals surface area contributed by atoms with Crippen LogP contribution in [0.15, 0.2) is 24.3 Å². The number of carbonyl (C=O) groups is 2. The van der Waals surface area contributed by atoms with E-state index >= 15 is 0 Å². The first-order chi connectivity index (χ1) is 17.5. The van der Waals surface area contributed by atoms with Gasteiger partial charge in [-0.15, -0.1) is 5.10 Å². The molecule has 2 amide bonds. The fourth-order valence-electron chi connectivity index (χ4n) is 4.14. The second-order valence-electron chi connectivity index (χ2n) is 9.49. The summed E-state index contributed by atoms with van der Waals surface area (Å²) in [5, 5.41) is 26.9. The molecule has 0 aliphatic heterocycles. The van der Waals surface area contributed by atoms with Gasteiger partial charge in [0, 0.05) is 18.7 Å². The monoisotopic (exact) mass is 503 g/mol. The lowest BCUT2D eigenvalue weighted by Gasteiger charge is -2.14. The number of nitrogens with one attached hydrogen (secondary N) is 4. The van der Waals surface area contributed by atoms with Crippen LogP contribution in [0, 0.1) is 0 Å². The van der Waals surface area contributed by atoms with Gasteiger partial charge >= 0.3 is 7.12 Å². The number of hydrogen-bond donors (Lipinski definition) is 6. The van der Waals surface area contributed by atoms with Gasteiger partial charge in [-0.3, -0.25) is 9.59 Å². The number of anilines is 1. The van der Waals surface area contributed by atoms with Gasteiger partial charge in [-0.1, -0.05) is 83.3 Å². The molecule has 0 saturated heterocycles. The minimum atomic E-state index is -1.60. The number of benzene rings is 1. The number of carbonyl (C=O) groups excluding carboxylic acids is 2. The average Bonchev–Trinajstić information content (AvgIpc) is 2.86. The summed E-state index contributed by atoms with van der Waals surface area (Å²) in [7, 11) is -1.60. The summed E-state index contributed by atoms with van der Waals surface area (Å²) < 4.78 is 0. The number of hydrogen-bond acceptors (Lipinski definition) is 5. The summed E-state index contributed by atoms with van der Waals surface area (Å²) in [5.74, 6) is -0.153. The lowest BCUT2D eigenvalue weighted by Crippen LogP contribution is -2.81. The Balaban J connectivity index is 2.11. The summed E-state index contributed by atoms with van der Waals surface area (Å²) in [6.07, 6.45) is 16.6. The molecular formula is C27H48BN4O4+. The van der Waals surface area contributed by atoms with Crippen molar-refractivity contribution in [3.05, 3.63) is 24.3 Å². The van der Waals surface area contributed by atoms with Crippen LogP contribution in [0.5, 0.6) is 0 Å². The molecule has 0 aromatic heterocycles. The summed E-state index contributed by atoms with van der Waals surface area (Å²) >= 11 is 0. The Morgan fingerprint density at radius 2 is 1.58 bits per heavy atom. The van der Waals surface area contributed by atoms with E-state index in [9.17, 15) is 19.6 Å². The summed E-state index contributed by atoms with van der Waals surface area (Å²) in [4.78, 5) is 24.7. The highest BCUT2D eigenvalue weighted by Crippen LogP contribution is 2.12. The van der Waals surface area contributed by atoms with Crippen molar-refractivity contribution in [1.29, 1.82) is 0 Å². The molecule has 0 saturated carbocycles. The largest absolute Gasteiger partial charge is 0.488 e. The van der Waals surface area contributed by atoms with Crippen molar-refractivity contribution < 1.29 is 24.7 Å². The molecule has 6 N–H and O–H groups in total. The van der Waals surface area contributed by atoms with Crippen molar-refractivity contribution in [3.8, 4) is 0 Å². The summed E-state index contributed by atoms with van der Waals surface area (Å²) in [6.45, 7) is 6.37. The number of hydrazine groups is 1. The highest BCUT2D eigenvalue weighted by molar-refractivity contribution is 6.58. The fraction of sp³-hybridized carbons (Fsp3) is 0.667. The van der Waals surface area contributed by atoms with Crippen LogP contribution in [-0.2, 0) is 9.59 Å². The van der Waals surface area contributed by atoms with Crippen LogP contribution in [0.2, 0.25) is 0 Å². The molecule has 1 aromatic rings. The summed E-state index contributed by atoms with van der Waals surface area (Å²) in [6, 6.07) is 5.90. The molecule has 9 heteroatoms. The van der Waals surface area contributed by atoms with Crippen LogP contribution in [0.3, 0.4) is 0 Å². The molecular weight excluding hydrogens is 455 g/mol. The topological polar surface area (TPSA) is 125 Å². The van der Waals surface area contributed by atoms with Gasteiger partial charge in [-0.2, -0.15) is 5.43 Å². The van der Waals surface area contributed by atoms with E-state index in [0.717, 1.165) is 25.7 Å². The standard InChI is InChI=1S/C27H47BN4O4/c1-3-4-5-6-7-8-9-10-11-12-13-20-26(33)30-21-15-14-19-25(32-29-2)27(34)31-24-18-16-17-23(22-24)28(35)36/h16-18,22,25,32,35-36H,2-15,19-21H2,1H3,(H,30,33)(H,31,34)/p+1. The van der Waals surface area contributed by atoms with Crippen molar-refractivity contribution >= 4 is 36.8 Å². The van der Waals surface area contributed by atoms with Crippen LogP contribution in [0.4, 0.5) is 5.69 Å². The second-order valence-corrected chi connectivity index (χ2v) is 9.49. The minimum absolute atomic E-state index is 0.101. The quantitative estimate of drug-likeness (QED) is 0.0625. The predicted octanol–water partition coefficient (Wildman–Crippen LogP) is 1.95. The first-order valence-corrected chi connectivity index (χ1v) is 13.8. The van der Waals surface area contributed by atoms with Crippen molar-refractivity contribution in [2.75, 3.05) is 11.9 Å². The zero-order valence-corrected chi connectivity index (χ0v) is 22.2. The van der Waals surface area contributed by atoms with Gasteiger partial charge in [0.15, 0.2) is 12.8 Å². The molecule has 1 unspecified atom stereocenters. The molecule has 8 nitrogen and oxygen atoms in total. The van der Waals surface area contributed by atoms with Crippen molar-refractivity contribution in [3.63, 3.8) is 0 Å². The second kappa shape index (κ2) is 20.8. The lowest BCUT2D eigenvalue weighted by molar-refractivity contribution is -0.522. The van der Waals surface area contributed by atoms with E-state index in [0.29, 0.717) is 30.5 Å². The number of unbranched alkanes of at least 4 members (excludes halogenated alkanes) is 11. The molecule has 202 valence electrons. The molecule has 0 aliphatic carbocycles. The van der Waals surface area contributed by atoms with E-state index < -0.39 is 13.2 Å². The predicted molar refractivity (Wildman–Crippen MR) is 148 cm³/mol. The van der Waals surface area contributed by atoms with E-state index in [1.807, 2.05) is 0 Å². The molecule has 0 aliphatic rings. The van der Waals surface area contributed by atoms with E-state index in [1.54, 1.807) is 18.2 Å². The number of hydrazone groups is 1. The molecule has 0 bridgehead atoms. The normalized spacial score (nSPS) is 11.5. The van der Waals surface area contributed by atoms with E-state index in [-0.39, 0.29) is 11.8 Å². The maximum atomic E-state index is 12.6. The maximum Gasteiger partial charge on any atom is 0.488 e. The van der Waals surface area contributed by atoms with Gasteiger partial charge in [-0.05, 0) is 43.3 Å². The molecule has 0 heterocycles. The van der Waals surface area contributed by atoms with Crippen LogP contribution in [0.1, 0.15) is 103 Å². The average molecular weight is 504 g/mol. The highest BCUT2D eigenvalue weighted by atomic mass is 16.4. The molecule has 1 rings (SSSR count). The Kier molecular flexibility index (Phi) is 18.3. The van der Waals surface area contributed by atoms with Crippen LogP contribution in [0.25, 0.3) is 0 Å². The van der Waals surface area contributed by atoms with Gasteiger partial charge in [0.2, 0.25) is 5.91 Å². The molecule has 36 heavy (non-hydrogen) atoms. The maximum absolute atomic E-state index is 12.6. The third kappa shape index (κ3) is 15.6. The van der Waals surface area contributed by atoms with E-state index in [1.165, 1.54) is 63.9 Å². The van der Waals surface area contributed by atoms with E-state index in [4.69, 9.17) is 0 Å². The Bertz CT molecular complexity index is 748. The van der Waals surface area contributed by atoms with Crippen molar-refractivity contribution in [2.45, 2.75) is 109 Å². The minimum Gasteiger partial charge on any atom is -0.423 e. The molecule has 0 spiro atoms. The lowest BCUT2D eigenvalue weighted by atomic mass is 9.80. The first-order valence-electron chi connectivity index (χ1n) is 13.8. The van der Waals surface area contributed by atoms with Gasteiger partial charge in [0.05, 0.1) is 0 Å². The molecule has 0 fully saturated rings. The Labute approximate surface area is 217 Å². The smallest absolute Gasteiger partial charge is 0.423 e. The zero-order valence-electron chi connectivity index (χ0n) is 22.2. The number of rotatable bonds is 22. The SMILES string of the molecule is C=[NH+]NC(CCCCNC(=O)CCCCCCCCCCCCC)C(=O)Nc1cccc(B(O)O)c1. The Hall–Kier alpha value is -2.39. The fourth-order valence-corrected chi connectivity index (χ4v) is 4.14. The third-order valence-corrected chi connectivity index (χ3v) is 6.29.